The zero-order chi connectivity index (χ0) is 20.5. The summed E-state index contributed by atoms with van der Waals surface area (Å²) >= 11 is 0. The standard InChI is InChI=1S/C25H21N3O2/c29-24(22-16-18-9-4-5-11-21(18)27-22)26-20-12-13-23-19(15-20)10-6-14-28(23)25(30)17-7-2-1-3-8-17/h1-5,7-9,11-13,15-16,27H,6,10,14H2,(H,26,29). The normalized spacial score (nSPS) is 13.1. The summed E-state index contributed by atoms with van der Waals surface area (Å²) in [6.07, 6.45) is 1.77. The second-order valence-corrected chi connectivity index (χ2v) is 7.49. The van der Waals surface area contributed by atoms with E-state index in [-0.39, 0.29) is 11.8 Å². The summed E-state index contributed by atoms with van der Waals surface area (Å²) < 4.78 is 0. The number of carbonyl (C=O) groups is 2. The third-order valence-electron chi connectivity index (χ3n) is 5.50. The molecule has 0 saturated carbocycles. The Morgan fingerprint density at radius 1 is 0.900 bits per heavy atom. The van der Waals surface area contributed by atoms with E-state index in [2.05, 4.69) is 10.3 Å². The quantitative estimate of drug-likeness (QED) is 0.512. The Balaban J connectivity index is 1.38. The Kier molecular flexibility index (Phi) is 4.56. The topological polar surface area (TPSA) is 65.2 Å². The fourth-order valence-electron chi connectivity index (χ4n) is 4.02. The molecular formula is C25H21N3O2. The molecule has 30 heavy (non-hydrogen) atoms. The van der Waals surface area contributed by atoms with Gasteiger partial charge in [-0.3, -0.25) is 9.59 Å². The lowest BCUT2D eigenvalue weighted by Crippen LogP contribution is -2.35. The maximum atomic E-state index is 12.9. The van der Waals surface area contributed by atoms with Crippen molar-refractivity contribution in [2.45, 2.75) is 12.8 Å². The molecule has 1 aliphatic rings. The van der Waals surface area contributed by atoms with Gasteiger partial charge in [-0.1, -0.05) is 36.4 Å². The monoisotopic (exact) mass is 395 g/mol. The maximum absolute atomic E-state index is 12.9. The van der Waals surface area contributed by atoms with Gasteiger partial charge >= 0.3 is 0 Å². The molecule has 0 radical (unpaired) electrons. The predicted molar refractivity (Wildman–Crippen MR) is 119 cm³/mol. The Morgan fingerprint density at radius 2 is 1.70 bits per heavy atom. The van der Waals surface area contributed by atoms with Crippen LogP contribution in [0.4, 0.5) is 11.4 Å². The first-order valence-electron chi connectivity index (χ1n) is 10.1. The highest BCUT2D eigenvalue weighted by atomic mass is 16.2. The van der Waals surface area contributed by atoms with Crippen molar-refractivity contribution in [3.8, 4) is 0 Å². The Morgan fingerprint density at radius 3 is 2.53 bits per heavy atom. The van der Waals surface area contributed by atoms with Crippen molar-refractivity contribution in [2.24, 2.45) is 0 Å². The van der Waals surface area contributed by atoms with E-state index < -0.39 is 0 Å². The zero-order valence-corrected chi connectivity index (χ0v) is 16.4. The average Bonchev–Trinajstić information content (AvgIpc) is 3.23. The number of nitrogens with zero attached hydrogens (tertiary/aromatic N) is 1. The second-order valence-electron chi connectivity index (χ2n) is 7.49. The first-order valence-corrected chi connectivity index (χ1v) is 10.1. The van der Waals surface area contributed by atoms with Gasteiger partial charge in [0.15, 0.2) is 0 Å². The molecule has 0 unspecified atom stereocenters. The Hall–Kier alpha value is -3.86. The number of amides is 2. The van der Waals surface area contributed by atoms with Crippen LogP contribution in [-0.2, 0) is 6.42 Å². The van der Waals surface area contributed by atoms with E-state index >= 15 is 0 Å². The third kappa shape index (κ3) is 3.35. The lowest BCUT2D eigenvalue weighted by atomic mass is 10.00. The van der Waals surface area contributed by atoms with Crippen LogP contribution in [0.3, 0.4) is 0 Å². The molecule has 148 valence electrons. The van der Waals surface area contributed by atoms with Gasteiger partial charge in [0.05, 0.1) is 0 Å². The van der Waals surface area contributed by atoms with Gasteiger partial charge in [0.1, 0.15) is 5.69 Å². The number of aromatic amines is 1. The van der Waals surface area contributed by atoms with Crippen LogP contribution in [-0.4, -0.2) is 23.3 Å². The number of anilines is 2. The number of hydrogen-bond donors (Lipinski definition) is 2. The molecule has 0 atom stereocenters. The summed E-state index contributed by atoms with van der Waals surface area (Å²) in [5, 5.41) is 3.97. The van der Waals surface area contributed by atoms with Gasteiger partial charge < -0.3 is 15.2 Å². The van der Waals surface area contributed by atoms with E-state index in [1.165, 1.54) is 0 Å². The van der Waals surface area contributed by atoms with E-state index in [1.54, 1.807) is 0 Å². The molecule has 1 aliphatic heterocycles. The summed E-state index contributed by atoms with van der Waals surface area (Å²) in [6.45, 7) is 0.696. The molecule has 0 aliphatic carbocycles. The van der Waals surface area contributed by atoms with E-state index in [4.69, 9.17) is 0 Å². The minimum atomic E-state index is -0.181. The van der Waals surface area contributed by atoms with Crippen molar-refractivity contribution < 1.29 is 9.59 Å². The third-order valence-corrected chi connectivity index (χ3v) is 5.50. The first-order chi connectivity index (χ1) is 14.7. The fraction of sp³-hybridized carbons (Fsp3) is 0.120. The molecule has 1 aromatic heterocycles. The molecule has 2 N–H and O–H groups in total. The van der Waals surface area contributed by atoms with Gasteiger partial charge in [-0.05, 0) is 60.9 Å². The number of carbonyl (C=O) groups excluding carboxylic acids is 2. The Bertz CT molecular complexity index is 1210. The number of aryl methyl sites for hydroxylation is 1. The number of nitrogens with one attached hydrogen (secondary N) is 2. The van der Waals surface area contributed by atoms with Crippen LogP contribution in [0, 0.1) is 0 Å². The van der Waals surface area contributed by atoms with Gasteiger partial charge in [-0.15, -0.1) is 0 Å². The van der Waals surface area contributed by atoms with Crippen LogP contribution in [0.15, 0.2) is 78.9 Å². The summed E-state index contributed by atoms with van der Waals surface area (Å²) in [6, 6.07) is 24.7. The predicted octanol–water partition coefficient (Wildman–Crippen LogP) is 5.01. The molecule has 0 saturated heterocycles. The van der Waals surface area contributed by atoms with Gasteiger partial charge in [-0.2, -0.15) is 0 Å². The molecule has 3 aromatic carbocycles. The van der Waals surface area contributed by atoms with Crippen molar-refractivity contribution in [3.05, 3.63) is 95.7 Å². The van der Waals surface area contributed by atoms with Crippen LogP contribution in [0.2, 0.25) is 0 Å². The highest BCUT2D eigenvalue weighted by Gasteiger charge is 2.24. The lowest BCUT2D eigenvalue weighted by Gasteiger charge is -2.30. The number of para-hydroxylation sites is 1. The highest BCUT2D eigenvalue weighted by Crippen LogP contribution is 2.31. The summed E-state index contributed by atoms with van der Waals surface area (Å²) in [7, 11) is 0. The number of benzene rings is 3. The van der Waals surface area contributed by atoms with E-state index in [0.29, 0.717) is 17.8 Å². The van der Waals surface area contributed by atoms with Gasteiger partial charge in [-0.25, -0.2) is 0 Å². The molecule has 4 aromatic rings. The number of rotatable bonds is 3. The van der Waals surface area contributed by atoms with Gasteiger partial charge in [0.2, 0.25) is 0 Å². The molecule has 0 bridgehead atoms. The smallest absolute Gasteiger partial charge is 0.272 e. The zero-order valence-electron chi connectivity index (χ0n) is 16.4. The molecular weight excluding hydrogens is 374 g/mol. The highest BCUT2D eigenvalue weighted by molar-refractivity contribution is 6.08. The second kappa shape index (κ2) is 7.52. The summed E-state index contributed by atoms with van der Waals surface area (Å²) in [5.41, 5.74) is 4.85. The molecule has 5 rings (SSSR count). The summed E-state index contributed by atoms with van der Waals surface area (Å²) in [5.74, 6) is -0.175. The number of H-pyrrole nitrogens is 1. The van der Waals surface area contributed by atoms with Gasteiger partial charge in [0, 0.05) is 34.4 Å². The lowest BCUT2D eigenvalue weighted by molar-refractivity contribution is 0.0983. The van der Waals surface area contributed by atoms with Crippen LogP contribution < -0.4 is 10.2 Å². The molecule has 0 spiro atoms. The fourth-order valence-corrected chi connectivity index (χ4v) is 4.02. The van der Waals surface area contributed by atoms with Crippen molar-refractivity contribution >= 4 is 34.1 Å². The maximum Gasteiger partial charge on any atom is 0.272 e. The SMILES string of the molecule is O=C(Nc1ccc2c(c1)CCCN2C(=O)c1ccccc1)c1cc2ccccc2[nH]1. The molecule has 5 heteroatoms. The molecule has 2 heterocycles. The first kappa shape index (κ1) is 18.2. The summed E-state index contributed by atoms with van der Waals surface area (Å²) in [4.78, 5) is 30.6. The van der Waals surface area contributed by atoms with E-state index in [1.807, 2.05) is 83.8 Å². The molecule has 2 amide bonds. The number of hydrogen-bond acceptors (Lipinski definition) is 2. The Labute approximate surface area is 174 Å². The van der Waals surface area contributed by atoms with E-state index in [0.717, 1.165) is 40.7 Å². The van der Waals surface area contributed by atoms with E-state index in [9.17, 15) is 9.59 Å². The van der Waals surface area contributed by atoms with Crippen LogP contribution in [0.25, 0.3) is 10.9 Å². The minimum Gasteiger partial charge on any atom is -0.351 e. The van der Waals surface area contributed by atoms with Crippen molar-refractivity contribution in [2.75, 3.05) is 16.8 Å². The van der Waals surface area contributed by atoms with Crippen LogP contribution >= 0.6 is 0 Å². The number of aromatic nitrogens is 1. The van der Waals surface area contributed by atoms with Gasteiger partial charge in [0.25, 0.3) is 11.8 Å². The largest absolute Gasteiger partial charge is 0.351 e. The minimum absolute atomic E-state index is 0.00594. The molecule has 5 nitrogen and oxygen atoms in total. The van der Waals surface area contributed by atoms with Crippen molar-refractivity contribution in [1.29, 1.82) is 0 Å². The van der Waals surface area contributed by atoms with Crippen molar-refractivity contribution in [1.82, 2.24) is 4.98 Å². The van der Waals surface area contributed by atoms with Crippen LogP contribution in [0.1, 0.15) is 32.8 Å². The number of fused-ring (bicyclic) bond motifs is 2. The van der Waals surface area contributed by atoms with Crippen LogP contribution in [0.5, 0.6) is 0 Å². The average molecular weight is 395 g/mol. The van der Waals surface area contributed by atoms with Crippen molar-refractivity contribution in [3.63, 3.8) is 0 Å². The molecule has 0 fully saturated rings.